The number of hydrogen-bond donors (Lipinski definition) is 1. The molecule has 4 rings (SSSR count). The van der Waals surface area contributed by atoms with Gasteiger partial charge in [0.1, 0.15) is 5.01 Å². The van der Waals surface area contributed by atoms with E-state index in [9.17, 15) is 4.79 Å². The van der Waals surface area contributed by atoms with E-state index < -0.39 is 0 Å². The summed E-state index contributed by atoms with van der Waals surface area (Å²) in [5, 5.41) is 9.72. The van der Waals surface area contributed by atoms with Crippen LogP contribution in [0.5, 0.6) is 0 Å². The topological polar surface area (TPSA) is 85.6 Å². The Bertz CT molecular complexity index is 1010. The Kier molecular flexibility index (Phi) is 4.48. The third kappa shape index (κ3) is 3.50. The van der Waals surface area contributed by atoms with Crippen molar-refractivity contribution in [2.24, 2.45) is 0 Å². The van der Waals surface area contributed by atoms with Crippen LogP contribution in [0.15, 0.2) is 66.6 Å². The molecule has 0 saturated carbocycles. The number of anilines is 1. The molecule has 26 heavy (non-hydrogen) atoms. The van der Waals surface area contributed by atoms with Gasteiger partial charge in [-0.15, -0.1) is 11.3 Å². The number of pyridine rings is 2. The van der Waals surface area contributed by atoms with Crippen LogP contribution in [0.4, 0.5) is 5.69 Å². The lowest BCUT2D eigenvalue weighted by Gasteiger charge is -2.09. The quantitative estimate of drug-likeness (QED) is 0.590. The van der Waals surface area contributed by atoms with Gasteiger partial charge < -0.3 is 5.32 Å². The second kappa shape index (κ2) is 7.24. The van der Waals surface area contributed by atoms with E-state index in [0.29, 0.717) is 17.2 Å². The Hall–Kier alpha value is -3.39. The standard InChI is InChI=1S/C18H14N6OS/c25-16(11-13-12-26-18(22-13)15-5-1-2-7-19-15)23-14-6-3-8-20-17(14)24-10-4-9-21-24/h1-10,12H,11H2,(H,23,25). The second-order valence-corrected chi connectivity index (χ2v) is 6.27. The molecule has 4 aromatic rings. The first kappa shape index (κ1) is 16.1. The first-order chi connectivity index (χ1) is 12.8. The number of hydrogen-bond acceptors (Lipinski definition) is 6. The lowest BCUT2D eigenvalue weighted by atomic mass is 10.3. The maximum atomic E-state index is 12.4. The lowest BCUT2D eigenvalue weighted by Crippen LogP contribution is -2.16. The zero-order valence-electron chi connectivity index (χ0n) is 13.6. The van der Waals surface area contributed by atoms with Crippen LogP contribution in [0.1, 0.15) is 5.69 Å². The van der Waals surface area contributed by atoms with Crippen LogP contribution in [-0.4, -0.2) is 30.6 Å². The molecule has 4 aromatic heterocycles. The van der Waals surface area contributed by atoms with E-state index in [1.165, 1.54) is 11.3 Å². The van der Waals surface area contributed by atoms with Gasteiger partial charge in [-0.1, -0.05) is 6.07 Å². The van der Waals surface area contributed by atoms with Crippen molar-refractivity contribution in [3.8, 4) is 16.5 Å². The van der Waals surface area contributed by atoms with Crippen LogP contribution >= 0.6 is 11.3 Å². The normalized spacial score (nSPS) is 10.6. The van der Waals surface area contributed by atoms with Crippen molar-refractivity contribution in [1.29, 1.82) is 0 Å². The number of aromatic nitrogens is 5. The number of carbonyl (C=O) groups is 1. The lowest BCUT2D eigenvalue weighted by molar-refractivity contribution is -0.115. The van der Waals surface area contributed by atoms with Crippen LogP contribution in [0.25, 0.3) is 16.5 Å². The Morgan fingerprint density at radius 2 is 2.00 bits per heavy atom. The average Bonchev–Trinajstić information content (AvgIpc) is 3.35. The van der Waals surface area contributed by atoms with Crippen molar-refractivity contribution in [2.45, 2.75) is 6.42 Å². The smallest absolute Gasteiger partial charge is 0.230 e. The minimum absolute atomic E-state index is 0.163. The molecule has 0 bridgehead atoms. The molecular formula is C18H14N6OS. The van der Waals surface area contributed by atoms with Crippen molar-refractivity contribution in [3.05, 3.63) is 72.3 Å². The summed E-state index contributed by atoms with van der Waals surface area (Å²) in [6.45, 7) is 0. The Labute approximate surface area is 153 Å². The first-order valence-electron chi connectivity index (χ1n) is 7.90. The number of carbonyl (C=O) groups excluding carboxylic acids is 1. The molecule has 1 amide bonds. The number of nitrogens with one attached hydrogen (secondary N) is 1. The van der Waals surface area contributed by atoms with E-state index in [2.05, 4.69) is 25.4 Å². The Morgan fingerprint density at radius 1 is 1.08 bits per heavy atom. The summed E-state index contributed by atoms with van der Waals surface area (Å²) in [5.41, 5.74) is 2.11. The molecular weight excluding hydrogens is 348 g/mol. The third-order valence-electron chi connectivity index (χ3n) is 3.56. The summed E-state index contributed by atoms with van der Waals surface area (Å²) in [7, 11) is 0. The van der Waals surface area contributed by atoms with Crippen molar-refractivity contribution in [1.82, 2.24) is 24.7 Å². The number of rotatable bonds is 5. The molecule has 7 nitrogen and oxygen atoms in total. The largest absolute Gasteiger partial charge is 0.323 e. The maximum absolute atomic E-state index is 12.4. The third-order valence-corrected chi connectivity index (χ3v) is 4.47. The molecule has 0 aliphatic rings. The molecule has 128 valence electrons. The second-order valence-electron chi connectivity index (χ2n) is 5.41. The first-order valence-corrected chi connectivity index (χ1v) is 8.78. The summed E-state index contributed by atoms with van der Waals surface area (Å²) >= 11 is 1.47. The fourth-order valence-corrected chi connectivity index (χ4v) is 3.22. The number of nitrogens with zero attached hydrogens (tertiary/aromatic N) is 5. The van der Waals surface area contributed by atoms with E-state index in [-0.39, 0.29) is 12.3 Å². The number of thiazole rings is 1. The van der Waals surface area contributed by atoms with Crippen LogP contribution < -0.4 is 5.32 Å². The van der Waals surface area contributed by atoms with Crippen LogP contribution in [-0.2, 0) is 11.2 Å². The number of amides is 1. The molecule has 0 aromatic carbocycles. The molecule has 0 aliphatic carbocycles. The van der Waals surface area contributed by atoms with E-state index >= 15 is 0 Å². The summed E-state index contributed by atoms with van der Waals surface area (Å²) < 4.78 is 1.61. The van der Waals surface area contributed by atoms with Crippen molar-refractivity contribution < 1.29 is 4.79 Å². The molecule has 0 atom stereocenters. The van der Waals surface area contributed by atoms with Gasteiger partial charge in [-0.05, 0) is 30.3 Å². The van der Waals surface area contributed by atoms with Gasteiger partial charge in [-0.3, -0.25) is 9.78 Å². The molecule has 0 saturated heterocycles. The molecule has 0 fully saturated rings. The zero-order chi connectivity index (χ0) is 17.8. The molecule has 0 radical (unpaired) electrons. The van der Waals surface area contributed by atoms with Crippen LogP contribution in [0.3, 0.4) is 0 Å². The summed E-state index contributed by atoms with van der Waals surface area (Å²) in [6.07, 6.45) is 7.00. The highest BCUT2D eigenvalue weighted by molar-refractivity contribution is 7.13. The van der Waals surface area contributed by atoms with Crippen molar-refractivity contribution in [3.63, 3.8) is 0 Å². The van der Waals surface area contributed by atoms with Gasteiger partial charge in [0.2, 0.25) is 5.91 Å². The SMILES string of the molecule is O=C(Cc1csc(-c2ccccn2)n1)Nc1cccnc1-n1cccn1. The predicted octanol–water partition coefficient (Wildman–Crippen LogP) is 2.97. The minimum Gasteiger partial charge on any atom is -0.323 e. The summed E-state index contributed by atoms with van der Waals surface area (Å²) in [6, 6.07) is 11.0. The molecule has 8 heteroatoms. The molecule has 1 N–H and O–H groups in total. The van der Waals surface area contributed by atoms with Crippen LogP contribution in [0, 0.1) is 0 Å². The van der Waals surface area contributed by atoms with Gasteiger partial charge in [0.25, 0.3) is 0 Å². The Morgan fingerprint density at radius 3 is 2.81 bits per heavy atom. The van der Waals surface area contributed by atoms with Crippen LogP contribution in [0.2, 0.25) is 0 Å². The fourth-order valence-electron chi connectivity index (χ4n) is 2.43. The minimum atomic E-state index is -0.163. The highest BCUT2D eigenvalue weighted by atomic mass is 32.1. The van der Waals surface area contributed by atoms with Gasteiger partial charge in [0.05, 0.1) is 23.5 Å². The summed E-state index contributed by atoms with van der Waals surface area (Å²) in [4.78, 5) is 25.5. The van der Waals surface area contributed by atoms with Gasteiger partial charge in [0, 0.05) is 30.2 Å². The highest BCUT2D eigenvalue weighted by Crippen LogP contribution is 2.22. The predicted molar refractivity (Wildman–Crippen MR) is 99.0 cm³/mol. The van der Waals surface area contributed by atoms with Crippen molar-refractivity contribution in [2.75, 3.05) is 5.32 Å². The summed E-state index contributed by atoms with van der Waals surface area (Å²) in [5.74, 6) is 0.405. The van der Waals surface area contributed by atoms with Gasteiger partial charge >= 0.3 is 0 Å². The van der Waals surface area contributed by atoms with E-state index in [1.807, 2.05) is 23.6 Å². The highest BCUT2D eigenvalue weighted by Gasteiger charge is 2.13. The van der Waals surface area contributed by atoms with E-state index in [4.69, 9.17) is 0 Å². The Balaban J connectivity index is 1.48. The van der Waals surface area contributed by atoms with Gasteiger partial charge in [-0.25, -0.2) is 14.6 Å². The van der Waals surface area contributed by atoms with E-state index in [0.717, 1.165) is 10.7 Å². The molecule has 0 aliphatic heterocycles. The molecule has 0 spiro atoms. The van der Waals surface area contributed by atoms with E-state index in [1.54, 1.807) is 47.7 Å². The monoisotopic (exact) mass is 362 g/mol. The molecule has 0 unspecified atom stereocenters. The van der Waals surface area contributed by atoms with Gasteiger partial charge in [-0.2, -0.15) is 5.10 Å². The van der Waals surface area contributed by atoms with Gasteiger partial charge in [0.15, 0.2) is 5.82 Å². The zero-order valence-corrected chi connectivity index (χ0v) is 14.4. The average molecular weight is 362 g/mol. The molecule has 4 heterocycles. The van der Waals surface area contributed by atoms with Crippen molar-refractivity contribution >= 4 is 22.9 Å². The fraction of sp³-hybridized carbons (Fsp3) is 0.0556. The maximum Gasteiger partial charge on any atom is 0.230 e.